The van der Waals surface area contributed by atoms with E-state index in [0.717, 1.165) is 32.3 Å². The second kappa shape index (κ2) is 9.93. The molecule has 4 aromatic rings. The summed E-state index contributed by atoms with van der Waals surface area (Å²) in [5.41, 5.74) is 4.51. The van der Waals surface area contributed by atoms with E-state index in [4.69, 9.17) is 23.2 Å². The molecule has 6 nitrogen and oxygen atoms in total. The zero-order valence-electron chi connectivity index (χ0n) is 22.4. The Kier molecular flexibility index (Phi) is 6.30. The number of carbonyl (C=O) groups excluding carboxylic acids is 4. The molecule has 1 aliphatic heterocycles. The molecule has 0 aromatic heterocycles. The smallest absolute Gasteiger partial charge is 0.273 e. The number of benzene rings is 4. The van der Waals surface area contributed by atoms with Crippen molar-refractivity contribution in [3.63, 3.8) is 0 Å². The van der Waals surface area contributed by atoms with Crippen LogP contribution < -0.4 is 0 Å². The fourth-order valence-corrected chi connectivity index (χ4v) is 7.33. The van der Waals surface area contributed by atoms with E-state index in [1.807, 2.05) is 48.5 Å². The van der Waals surface area contributed by atoms with Crippen molar-refractivity contribution in [2.45, 2.75) is 24.8 Å². The highest BCUT2D eigenvalue weighted by Gasteiger charge is 2.63. The van der Waals surface area contributed by atoms with Crippen molar-refractivity contribution >= 4 is 46.7 Å². The van der Waals surface area contributed by atoms with E-state index in [-0.39, 0.29) is 27.4 Å². The zero-order chi connectivity index (χ0) is 29.3. The number of hydrazine groups is 1. The van der Waals surface area contributed by atoms with Gasteiger partial charge in [0, 0.05) is 23.0 Å². The Labute approximate surface area is 252 Å². The molecule has 0 N–H and O–H groups in total. The topological polar surface area (TPSA) is 74.8 Å². The highest BCUT2D eigenvalue weighted by atomic mass is 35.5. The third kappa shape index (κ3) is 3.79. The predicted molar refractivity (Wildman–Crippen MR) is 158 cm³/mol. The van der Waals surface area contributed by atoms with E-state index in [2.05, 4.69) is 0 Å². The van der Waals surface area contributed by atoms with Crippen LogP contribution in [-0.4, -0.2) is 39.6 Å². The van der Waals surface area contributed by atoms with Crippen molar-refractivity contribution in [3.8, 4) is 0 Å². The highest BCUT2D eigenvalue weighted by Crippen LogP contribution is 2.61. The van der Waals surface area contributed by atoms with Crippen LogP contribution in [0.1, 0.15) is 61.7 Å². The van der Waals surface area contributed by atoms with E-state index in [9.17, 15) is 19.2 Å². The van der Waals surface area contributed by atoms with Crippen LogP contribution in [0.15, 0.2) is 97.1 Å². The maximum atomic E-state index is 14.5. The Hall–Kier alpha value is -4.26. The van der Waals surface area contributed by atoms with Crippen LogP contribution in [0.4, 0.5) is 0 Å². The number of hydrogen-bond acceptors (Lipinski definition) is 4. The average Bonchev–Trinajstić information content (AvgIpc) is 3.28. The van der Waals surface area contributed by atoms with Crippen molar-refractivity contribution in [1.29, 1.82) is 0 Å². The van der Waals surface area contributed by atoms with Crippen LogP contribution in [0.25, 0.3) is 0 Å². The summed E-state index contributed by atoms with van der Waals surface area (Å²) in [5.74, 6) is -4.23. The summed E-state index contributed by atoms with van der Waals surface area (Å²) in [4.78, 5) is 56.9. The Morgan fingerprint density at radius 2 is 1.14 bits per heavy atom. The van der Waals surface area contributed by atoms with Gasteiger partial charge in [0.25, 0.3) is 17.7 Å². The standard InChI is InChI=1S/C34H24Cl2N2O4/c1-18(31(39)19-9-3-2-4-10-19)37(32(40)20-15-16-25(35)26(36)17-20)38-33(41)29-27-21-11-5-6-12-22(21)28(30(29)34(38)42)24-14-8-7-13-23(24)27/h2-18,27-30H,1H3/t18-,27?,28?,29+,30+/m1/s1. The van der Waals surface area contributed by atoms with Gasteiger partial charge in [-0.25, -0.2) is 5.01 Å². The molecule has 1 fully saturated rings. The minimum Gasteiger partial charge on any atom is -0.292 e. The average molecular weight is 595 g/mol. The molecule has 1 saturated heterocycles. The SMILES string of the molecule is C[C@H](C(=O)c1ccccc1)N(C(=O)c1ccc(Cl)c(Cl)c1)N1C(=O)[C@H]2C3c4ccccc4C(c4ccccc43)[C@@H]2C1=O. The number of Topliss-reactive ketones (excluding diaryl/α,β-unsaturated/α-hetero) is 1. The van der Waals surface area contributed by atoms with Crippen molar-refractivity contribution < 1.29 is 19.2 Å². The van der Waals surface area contributed by atoms with Crippen LogP contribution in [0.2, 0.25) is 10.0 Å². The first-order chi connectivity index (χ1) is 20.3. The fraction of sp³-hybridized carbons (Fsp3) is 0.176. The molecular weight excluding hydrogens is 571 g/mol. The monoisotopic (exact) mass is 594 g/mol. The van der Waals surface area contributed by atoms with Gasteiger partial charge in [0.05, 0.1) is 21.9 Å². The summed E-state index contributed by atoms with van der Waals surface area (Å²) in [5, 5.41) is 2.34. The first-order valence-corrected chi connectivity index (χ1v) is 14.5. The summed E-state index contributed by atoms with van der Waals surface area (Å²) >= 11 is 12.4. The highest BCUT2D eigenvalue weighted by molar-refractivity contribution is 6.42. The number of imide groups is 1. The van der Waals surface area contributed by atoms with Gasteiger partial charge >= 0.3 is 0 Å². The van der Waals surface area contributed by atoms with Crippen molar-refractivity contribution in [2.75, 3.05) is 0 Å². The fourth-order valence-electron chi connectivity index (χ4n) is 7.03. The van der Waals surface area contributed by atoms with Gasteiger partial charge in [0.2, 0.25) is 0 Å². The van der Waals surface area contributed by atoms with E-state index < -0.39 is 41.4 Å². The summed E-state index contributed by atoms with van der Waals surface area (Å²) < 4.78 is 0. The summed E-state index contributed by atoms with van der Waals surface area (Å²) in [6.45, 7) is 1.53. The van der Waals surface area contributed by atoms with Gasteiger partial charge in [0.1, 0.15) is 6.04 Å². The molecule has 4 aliphatic rings. The van der Waals surface area contributed by atoms with Crippen molar-refractivity contribution in [1.82, 2.24) is 10.0 Å². The number of amides is 3. The first kappa shape index (κ1) is 26.6. The molecule has 3 aliphatic carbocycles. The minimum absolute atomic E-state index is 0.0992. The van der Waals surface area contributed by atoms with Crippen LogP contribution in [-0.2, 0) is 9.59 Å². The number of halogens is 2. The lowest BCUT2D eigenvalue weighted by Crippen LogP contribution is -2.56. The van der Waals surface area contributed by atoms with Crippen molar-refractivity contribution in [3.05, 3.63) is 140 Å². The molecule has 208 valence electrons. The zero-order valence-corrected chi connectivity index (χ0v) is 23.9. The van der Waals surface area contributed by atoms with Gasteiger partial charge < -0.3 is 0 Å². The predicted octanol–water partition coefficient (Wildman–Crippen LogP) is 6.51. The lowest BCUT2D eigenvalue weighted by molar-refractivity contribution is -0.156. The summed E-state index contributed by atoms with van der Waals surface area (Å²) in [6, 6.07) is 27.5. The summed E-state index contributed by atoms with van der Waals surface area (Å²) in [6.07, 6.45) is 0. The third-order valence-corrected chi connectivity index (χ3v) is 9.56. The van der Waals surface area contributed by atoms with Gasteiger partial charge in [-0.3, -0.25) is 19.2 Å². The first-order valence-electron chi connectivity index (χ1n) is 13.7. The van der Waals surface area contributed by atoms with Crippen LogP contribution in [0.3, 0.4) is 0 Å². The van der Waals surface area contributed by atoms with Gasteiger partial charge in [-0.05, 0) is 47.4 Å². The maximum Gasteiger partial charge on any atom is 0.273 e. The van der Waals surface area contributed by atoms with E-state index in [1.54, 1.807) is 30.3 Å². The van der Waals surface area contributed by atoms with Gasteiger partial charge in [-0.15, -0.1) is 0 Å². The molecule has 0 saturated carbocycles. The molecule has 4 aromatic carbocycles. The Morgan fingerprint density at radius 1 is 0.667 bits per heavy atom. The van der Waals surface area contributed by atoms with Gasteiger partial charge in [0.15, 0.2) is 5.78 Å². The number of hydrogen-bond donors (Lipinski definition) is 0. The molecule has 0 spiro atoms. The lowest BCUT2D eigenvalue weighted by atomic mass is 9.55. The third-order valence-electron chi connectivity index (χ3n) is 8.82. The maximum absolute atomic E-state index is 14.5. The molecule has 2 bridgehead atoms. The molecule has 3 amide bonds. The van der Waals surface area contributed by atoms with E-state index in [0.29, 0.717) is 5.56 Å². The van der Waals surface area contributed by atoms with Crippen LogP contribution >= 0.6 is 23.2 Å². The molecule has 3 atom stereocenters. The van der Waals surface area contributed by atoms with Crippen LogP contribution in [0, 0.1) is 11.8 Å². The van der Waals surface area contributed by atoms with Crippen molar-refractivity contribution in [2.24, 2.45) is 11.8 Å². The van der Waals surface area contributed by atoms with E-state index in [1.165, 1.54) is 25.1 Å². The molecular formula is C34H24Cl2N2O4. The van der Waals surface area contributed by atoms with Gasteiger partial charge in [-0.2, -0.15) is 5.01 Å². The minimum atomic E-state index is -1.18. The second-order valence-electron chi connectivity index (χ2n) is 10.9. The molecule has 0 radical (unpaired) electrons. The molecule has 42 heavy (non-hydrogen) atoms. The summed E-state index contributed by atoms with van der Waals surface area (Å²) in [7, 11) is 0. The lowest BCUT2D eigenvalue weighted by Gasteiger charge is -2.45. The molecule has 1 heterocycles. The number of ketones is 1. The Balaban J connectivity index is 1.37. The normalized spacial score (nSPS) is 22.3. The Bertz CT molecular complexity index is 1690. The molecule has 8 heteroatoms. The number of rotatable bonds is 5. The van der Waals surface area contributed by atoms with Crippen LogP contribution in [0.5, 0.6) is 0 Å². The quantitative estimate of drug-likeness (QED) is 0.195. The van der Waals surface area contributed by atoms with E-state index >= 15 is 0 Å². The number of nitrogens with zero attached hydrogens (tertiary/aromatic N) is 2. The molecule has 8 rings (SSSR count). The molecule has 0 unspecified atom stereocenters. The largest absolute Gasteiger partial charge is 0.292 e. The number of carbonyl (C=O) groups is 4. The van der Waals surface area contributed by atoms with Gasteiger partial charge in [-0.1, -0.05) is 102 Å². The Morgan fingerprint density at radius 3 is 1.62 bits per heavy atom. The second-order valence-corrected chi connectivity index (χ2v) is 11.8.